The number of halogens is 3. The summed E-state index contributed by atoms with van der Waals surface area (Å²) in [7, 11) is 0. The van der Waals surface area contributed by atoms with Gasteiger partial charge in [-0.25, -0.2) is 9.29 Å². The van der Waals surface area contributed by atoms with Crippen molar-refractivity contribution in [3.63, 3.8) is 0 Å². The van der Waals surface area contributed by atoms with Crippen LogP contribution >= 0.6 is 46.3 Å². The average Bonchev–Trinajstić information content (AvgIpc) is 3.37. The van der Waals surface area contributed by atoms with Gasteiger partial charge in [0.2, 0.25) is 17.7 Å². The van der Waals surface area contributed by atoms with Crippen LogP contribution < -0.4 is 15.1 Å². The van der Waals surface area contributed by atoms with Crippen LogP contribution in [-0.2, 0) is 20.9 Å². The lowest BCUT2D eigenvalue weighted by atomic mass is 9.83. The fraction of sp³-hybridized carbons (Fsp3) is 0.143. The minimum absolute atomic E-state index is 0.317. The summed E-state index contributed by atoms with van der Waals surface area (Å²) in [6.45, 7) is -0.317. The highest BCUT2D eigenvalue weighted by atomic mass is 35.5. The van der Waals surface area contributed by atoms with Gasteiger partial charge in [-0.2, -0.15) is 0 Å². The van der Waals surface area contributed by atoms with Gasteiger partial charge in [-0.15, -0.1) is 0 Å². The number of nitrogens with zero attached hydrogens (tertiary/aromatic N) is 2. The van der Waals surface area contributed by atoms with Crippen molar-refractivity contribution in [3.8, 4) is 0 Å². The van der Waals surface area contributed by atoms with E-state index >= 15 is 0 Å². The molecule has 4 aromatic rings. The zero-order valence-corrected chi connectivity index (χ0v) is 23.5. The zero-order valence-electron chi connectivity index (χ0n) is 20.3. The van der Waals surface area contributed by atoms with Crippen LogP contribution in [-0.4, -0.2) is 27.5 Å². The molecule has 0 bridgehead atoms. The summed E-state index contributed by atoms with van der Waals surface area (Å²) in [6, 6.07) is 18.7. The van der Waals surface area contributed by atoms with Gasteiger partial charge in [0.25, 0.3) is 0 Å². The van der Waals surface area contributed by atoms with E-state index in [-0.39, 0.29) is 17.3 Å². The zero-order chi connectivity index (χ0) is 28.1. The van der Waals surface area contributed by atoms with Gasteiger partial charge < -0.3 is 5.32 Å². The van der Waals surface area contributed by atoms with Crippen molar-refractivity contribution in [2.24, 2.45) is 5.92 Å². The molecule has 0 aliphatic carbocycles. The third-order valence-electron chi connectivity index (χ3n) is 6.79. The Morgan fingerprint density at radius 3 is 2.15 bits per heavy atom. The molecule has 3 heterocycles. The summed E-state index contributed by atoms with van der Waals surface area (Å²) in [5.74, 6) is -3.10. The van der Waals surface area contributed by atoms with E-state index in [4.69, 9.17) is 23.2 Å². The summed E-state index contributed by atoms with van der Waals surface area (Å²) in [5.41, 5.74) is 1.51. The van der Waals surface area contributed by atoms with Crippen molar-refractivity contribution < 1.29 is 18.8 Å². The maximum absolute atomic E-state index is 13.9. The van der Waals surface area contributed by atoms with E-state index in [2.05, 4.69) is 5.32 Å². The van der Waals surface area contributed by atoms with Gasteiger partial charge in [0.1, 0.15) is 17.6 Å². The summed E-state index contributed by atoms with van der Waals surface area (Å²) in [5, 5.41) is 3.28. The molecule has 3 aromatic carbocycles. The first-order chi connectivity index (χ1) is 19.2. The first-order valence-corrected chi connectivity index (χ1v) is 14.5. The summed E-state index contributed by atoms with van der Waals surface area (Å²) in [6.07, 6.45) is 0. The van der Waals surface area contributed by atoms with Crippen LogP contribution in [0.1, 0.15) is 16.4 Å². The molecule has 12 heteroatoms. The number of aromatic nitrogens is 1. The van der Waals surface area contributed by atoms with Crippen molar-refractivity contribution in [3.05, 3.63) is 109 Å². The number of benzene rings is 3. The number of anilines is 2. The number of hydrogen-bond donors (Lipinski definition) is 1. The maximum atomic E-state index is 13.9. The highest BCUT2D eigenvalue weighted by Crippen LogP contribution is 2.54. The first kappa shape index (κ1) is 26.8. The van der Waals surface area contributed by atoms with Gasteiger partial charge in [0.05, 0.1) is 16.6 Å². The van der Waals surface area contributed by atoms with Crippen LogP contribution in [0.25, 0.3) is 0 Å². The predicted molar refractivity (Wildman–Crippen MR) is 154 cm³/mol. The summed E-state index contributed by atoms with van der Waals surface area (Å²) >= 11 is 14.2. The van der Waals surface area contributed by atoms with Crippen LogP contribution in [0.5, 0.6) is 0 Å². The number of carbonyl (C=O) groups is 3. The molecule has 6 rings (SSSR count). The van der Waals surface area contributed by atoms with Crippen molar-refractivity contribution in [1.82, 2.24) is 4.57 Å². The highest BCUT2D eigenvalue weighted by molar-refractivity contribution is 8.00. The fourth-order valence-corrected chi connectivity index (χ4v) is 8.03. The number of carbonyl (C=O) groups excluding carboxylic acids is 3. The van der Waals surface area contributed by atoms with E-state index in [9.17, 15) is 23.6 Å². The number of imide groups is 1. The molecule has 0 radical (unpaired) electrons. The third kappa shape index (κ3) is 4.75. The molecule has 0 unspecified atom stereocenters. The van der Waals surface area contributed by atoms with Crippen LogP contribution in [0.2, 0.25) is 10.0 Å². The van der Waals surface area contributed by atoms with Gasteiger partial charge >= 0.3 is 4.87 Å². The van der Waals surface area contributed by atoms with E-state index in [1.165, 1.54) is 33.7 Å². The number of amides is 3. The van der Waals surface area contributed by atoms with Crippen LogP contribution in [0.4, 0.5) is 15.8 Å². The molecule has 40 heavy (non-hydrogen) atoms. The van der Waals surface area contributed by atoms with Gasteiger partial charge in [0, 0.05) is 26.5 Å². The predicted octanol–water partition coefficient (Wildman–Crippen LogP) is 5.79. The Morgan fingerprint density at radius 1 is 0.875 bits per heavy atom. The molecule has 0 saturated carbocycles. The second-order valence-electron chi connectivity index (χ2n) is 9.26. The molecule has 1 aromatic heterocycles. The van der Waals surface area contributed by atoms with Crippen molar-refractivity contribution in [1.29, 1.82) is 0 Å². The smallest absolute Gasteiger partial charge is 0.308 e. The topological polar surface area (TPSA) is 88.5 Å². The van der Waals surface area contributed by atoms with E-state index in [1.807, 2.05) is 0 Å². The number of thiazole rings is 1. The van der Waals surface area contributed by atoms with E-state index in [1.54, 1.807) is 48.5 Å². The number of rotatable bonds is 5. The standard InChI is InChI=1S/C28H18Cl2FN3O4S2/c29-15-3-1-14(2-4-15)21-22-23(26(37)34(25(22)36)19-11-5-16(30)6-12-19)39-27-24(21)40-28(38)33(27)13-20(35)32-18-9-7-17(31)8-10-18/h1-12,21-23H,13H2,(H,32,35)/t21-,22-,23+/m0/s1. The number of fused-ring (bicyclic) bond motifs is 2. The fourth-order valence-electron chi connectivity index (χ4n) is 5.01. The lowest BCUT2D eigenvalue weighted by molar-refractivity contribution is -0.122. The second kappa shape index (κ2) is 10.5. The Labute approximate surface area is 245 Å². The number of hydrogen-bond acceptors (Lipinski definition) is 6. The third-order valence-corrected chi connectivity index (χ3v) is 9.90. The Morgan fingerprint density at radius 2 is 1.50 bits per heavy atom. The van der Waals surface area contributed by atoms with Crippen molar-refractivity contribution in [2.75, 3.05) is 10.2 Å². The quantitative estimate of drug-likeness (QED) is 0.288. The molecule has 0 spiro atoms. The molecular weight excluding hydrogens is 596 g/mol. The van der Waals surface area contributed by atoms with Gasteiger partial charge in [-0.1, -0.05) is 58.4 Å². The molecule has 7 nitrogen and oxygen atoms in total. The molecule has 202 valence electrons. The Hall–Kier alpha value is -3.44. The van der Waals surface area contributed by atoms with E-state index < -0.39 is 34.7 Å². The molecule has 2 aliphatic heterocycles. The van der Waals surface area contributed by atoms with Crippen LogP contribution in [0, 0.1) is 11.7 Å². The Bertz CT molecular complexity index is 1710. The van der Waals surface area contributed by atoms with Gasteiger partial charge in [-0.05, 0) is 66.2 Å². The lowest BCUT2D eigenvalue weighted by Gasteiger charge is -2.30. The monoisotopic (exact) mass is 613 g/mol. The minimum atomic E-state index is -0.822. The van der Waals surface area contributed by atoms with Crippen LogP contribution in [0.3, 0.4) is 0 Å². The number of nitrogens with one attached hydrogen (secondary N) is 1. The molecule has 3 atom stereocenters. The molecule has 1 saturated heterocycles. The Balaban J connectivity index is 1.40. The van der Waals surface area contributed by atoms with Gasteiger partial charge in [-0.3, -0.25) is 23.7 Å². The highest BCUT2D eigenvalue weighted by Gasteiger charge is 2.56. The minimum Gasteiger partial charge on any atom is -0.325 e. The maximum Gasteiger partial charge on any atom is 0.308 e. The molecule has 3 amide bonds. The molecular formula is C28H18Cl2FN3O4S2. The van der Waals surface area contributed by atoms with Crippen molar-refractivity contribution in [2.45, 2.75) is 22.7 Å². The summed E-state index contributed by atoms with van der Waals surface area (Å²) in [4.78, 5) is 55.0. The van der Waals surface area contributed by atoms with Crippen molar-refractivity contribution >= 4 is 75.4 Å². The number of thioether (sulfide) groups is 1. The molecule has 1 fully saturated rings. The molecule has 2 aliphatic rings. The van der Waals surface area contributed by atoms with Crippen LogP contribution in [0.15, 0.2) is 82.6 Å². The Kier molecular flexibility index (Phi) is 7.03. The SMILES string of the molecule is O=C(Cn1c2c(sc1=O)[C@@H](c1ccc(Cl)cc1)[C@@H]1C(=O)N(c3ccc(Cl)cc3)C(=O)[C@@H]1S2)Nc1ccc(F)cc1. The van der Waals surface area contributed by atoms with E-state index in [0.29, 0.717) is 31.3 Å². The normalized spacial score (nSPS) is 19.9. The first-order valence-electron chi connectivity index (χ1n) is 12.1. The average molecular weight is 615 g/mol. The lowest BCUT2D eigenvalue weighted by Crippen LogP contribution is -2.33. The second-order valence-corrected chi connectivity index (χ2v) is 12.3. The summed E-state index contributed by atoms with van der Waals surface area (Å²) < 4.78 is 14.6. The van der Waals surface area contributed by atoms with Gasteiger partial charge in [0.15, 0.2) is 0 Å². The largest absolute Gasteiger partial charge is 0.325 e. The molecule has 1 N–H and O–H groups in total. The van der Waals surface area contributed by atoms with E-state index in [0.717, 1.165) is 28.7 Å².